The molecule has 0 aliphatic carbocycles. The van der Waals surface area contributed by atoms with E-state index in [2.05, 4.69) is 228 Å². The maximum Gasteiger partial charge on any atom is 0.145 e. The first kappa shape index (κ1) is 38.1. The Morgan fingerprint density at radius 2 is 1.00 bits per heavy atom. The summed E-state index contributed by atoms with van der Waals surface area (Å²) < 4.78 is 4.79. The fourth-order valence-corrected chi connectivity index (χ4v) is 10.8. The van der Waals surface area contributed by atoms with Crippen molar-refractivity contribution in [2.24, 2.45) is 0 Å². The average Bonchev–Trinajstić information content (AvgIpc) is 3.99. The van der Waals surface area contributed by atoms with Gasteiger partial charge in [0.15, 0.2) is 0 Å². The molecule has 0 fully saturated rings. The SMILES string of the molecule is c1ccc(-c2c(-c3ccccc3)n(-c3ccc(-c4nc5ccccc5n4-c4ccccc4)cc3)c3c4ccccc4c4cc(-c5cnc6c(ccc7cccnc76)c5)c5ccccc5c4c23)cc1. The molecule has 0 aliphatic rings. The lowest BCUT2D eigenvalue weighted by Gasteiger charge is -2.17. The molecule has 14 rings (SSSR count). The summed E-state index contributed by atoms with van der Waals surface area (Å²) in [6.07, 6.45) is 3.88. The summed E-state index contributed by atoms with van der Waals surface area (Å²) in [6.45, 7) is 0. The highest BCUT2D eigenvalue weighted by Gasteiger charge is 2.27. The second-order valence-corrected chi connectivity index (χ2v) is 17.5. The van der Waals surface area contributed by atoms with E-state index in [4.69, 9.17) is 15.0 Å². The van der Waals surface area contributed by atoms with Gasteiger partial charge in [0.2, 0.25) is 0 Å². The number of imidazole rings is 1. The maximum absolute atomic E-state index is 5.23. The van der Waals surface area contributed by atoms with Gasteiger partial charge in [0, 0.05) is 67.4 Å². The number of fused-ring (bicyclic) bond motifs is 12. The highest BCUT2D eigenvalue weighted by Crippen LogP contribution is 2.51. The first-order valence-electron chi connectivity index (χ1n) is 23.1. The van der Waals surface area contributed by atoms with Gasteiger partial charge in [-0.05, 0) is 105 Å². The van der Waals surface area contributed by atoms with Gasteiger partial charge in [-0.15, -0.1) is 0 Å². The fraction of sp³-hybridized carbons (Fsp3) is 0. The summed E-state index contributed by atoms with van der Waals surface area (Å²) in [5.74, 6) is 0.903. The van der Waals surface area contributed by atoms with Crippen molar-refractivity contribution < 1.29 is 0 Å². The van der Waals surface area contributed by atoms with Crippen molar-refractivity contribution in [3.8, 4) is 56.3 Å². The Morgan fingerprint density at radius 1 is 0.368 bits per heavy atom. The van der Waals surface area contributed by atoms with Gasteiger partial charge in [-0.3, -0.25) is 14.5 Å². The topological polar surface area (TPSA) is 48.5 Å². The summed E-state index contributed by atoms with van der Waals surface area (Å²) >= 11 is 0. The molecule has 0 unspecified atom stereocenters. The number of hydrogen-bond donors (Lipinski definition) is 0. The number of rotatable bonds is 6. The van der Waals surface area contributed by atoms with Crippen LogP contribution in [0.4, 0.5) is 0 Å². The van der Waals surface area contributed by atoms with E-state index >= 15 is 0 Å². The Balaban J connectivity index is 1.09. The van der Waals surface area contributed by atoms with Crippen LogP contribution in [-0.4, -0.2) is 24.1 Å². The molecule has 0 N–H and O–H groups in total. The van der Waals surface area contributed by atoms with Gasteiger partial charge >= 0.3 is 0 Å². The van der Waals surface area contributed by atoms with Crippen LogP contribution in [0.1, 0.15) is 0 Å². The molecule has 0 radical (unpaired) electrons. The van der Waals surface area contributed by atoms with E-state index < -0.39 is 0 Å². The third kappa shape index (κ3) is 5.79. The Kier molecular flexibility index (Phi) is 8.52. The zero-order valence-electron chi connectivity index (χ0n) is 36.8. The molecule has 316 valence electrons. The first-order valence-corrected chi connectivity index (χ1v) is 23.1. The van der Waals surface area contributed by atoms with E-state index in [-0.39, 0.29) is 0 Å². The van der Waals surface area contributed by atoms with Crippen molar-refractivity contribution in [1.29, 1.82) is 0 Å². The summed E-state index contributed by atoms with van der Waals surface area (Å²) in [4.78, 5) is 15.1. The van der Waals surface area contributed by atoms with Crippen LogP contribution in [0.5, 0.6) is 0 Å². The average molecular weight is 866 g/mol. The fourth-order valence-electron chi connectivity index (χ4n) is 10.8. The molecule has 10 aromatic carbocycles. The number of pyridine rings is 2. The molecule has 68 heavy (non-hydrogen) atoms. The molecule has 0 aliphatic heterocycles. The molecule has 0 atom stereocenters. The van der Waals surface area contributed by atoms with Crippen molar-refractivity contribution in [3.05, 3.63) is 237 Å². The second kappa shape index (κ2) is 15.2. The number of para-hydroxylation sites is 3. The lowest BCUT2D eigenvalue weighted by Crippen LogP contribution is -2.00. The molecule has 5 nitrogen and oxygen atoms in total. The minimum absolute atomic E-state index is 0.903. The number of aromatic nitrogens is 5. The van der Waals surface area contributed by atoms with E-state index in [1.54, 1.807) is 0 Å². The van der Waals surface area contributed by atoms with Gasteiger partial charge in [-0.1, -0.05) is 158 Å². The standard InChI is InChI=1S/C63H39N5/c1-4-17-40(18-5-1)56-58-57-50-26-12-10-24-48(50)52(45-37-44-31-30-41-21-16-36-64-59(41)60(44)65-39-45)38-53(57)49-25-11-13-27-51(49)62(58)68(61(56)42-19-6-2-7-20-42)47-34-32-43(33-35-47)63-66-54-28-14-15-29-55(54)67(63)46-22-8-3-9-23-46/h1-39H. The molecule has 0 amide bonds. The second-order valence-electron chi connectivity index (χ2n) is 17.5. The van der Waals surface area contributed by atoms with Crippen LogP contribution in [0.3, 0.4) is 0 Å². The van der Waals surface area contributed by atoms with Crippen LogP contribution in [0, 0.1) is 0 Å². The molecule has 4 heterocycles. The van der Waals surface area contributed by atoms with Crippen LogP contribution in [0.15, 0.2) is 237 Å². The van der Waals surface area contributed by atoms with Gasteiger partial charge in [-0.25, -0.2) is 4.98 Å². The molecule has 0 bridgehead atoms. The smallest absolute Gasteiger partial charge is 0.145 e. The number of hydrogen-bond acceptors (Lipinski definition) is 3. The lowest BCUT2D eigenvalue weighted by atomic mass is 9.87. The minimum atomic E-state index is 0.903. The van der Waals surface area contributed by atoms with Crippen LogP contribution in [0.2, 0.25) is 0 Å². The minimum Gasteiger partial charge on any atom is -0.308 e. The van der Waals surface area contributed by atoms with Crippen molar-refractivity contribution in [2.75, 3.05) is 0 Å². The number of nitrogens with zero attached hydrogens (tertiary/aromatic N) is 5. The molecular formula is C63H39N5. The van der Waals surface area contributed by atoms with Gasteiger partial charge in [0.1, 0.15) is 5.82 Å². The third-order valence-electron chi connectivity index (χ3n) is 13.7. The van der Waals surface area contributed by atoms with Crippen molar-refractivity contribution in [2.45, 2.75) is 0 Å². The van der Waals surface area contributed by atoms with Gasteiger partial charge in [-0.2, -0.15) is 0 Å². The Labute approximate surface area is 391 Å². The highest BCUT2D eigenvalue weighted by atomic mass is 15.1. The Bertz CT molecular complexity index is 4290. The van der Waals surface area contributed by atoms with E-state index in [0.29, 0.717) is 0 Å². The Morgan fingerprint density at radius 3 is 1.79 bits per heavy atom. The zero-order valence-corrected chi connectivity index (χ0v) is 36.8. The van der Waals surface area contributed by atoms with Crippen molar-refractivity contribution in [1.82, 2.24) is 24.1 Å². The van der Waals surface area contributed by atoms with Gasteiger partial charge in [0.05, 0.1) is 33.3 Å². The molecule has 14 aromatic rings. The maximum atomic E-state index is 5.23. The van der Waals surface area contributed by atoms with Crippen molar-refractivity contribution in [3.63, 3.8) is 0 Å². The number of benzene rings is 10. The zero-order chi connectivity index (χ0) is 44.7. The molecule has 0 saturated heterocycles. The Hall–Kier alpha value is -9.19. The van der Waals surface area contributed by atoms with E-state index in [1.165, 1.54) is 48.8 Å². The van der Waals surface area contributed by atoms with Gasteiger partial charge in [0.25, 0.3) is 0 Å². The highest BCUT2D eigenvalue weighted by molar-refractivity contribution is 6.36. The lowest BCUT2D eigenvalue weighted by molar-refractivity contribution is 1.10. The first-order chi connectivity index (χ1) is 33.8. The quantitative estimate of drug-likeness (QED) is 0.156. The molecule has 4 aromatic heterocycles. The molecule has 5 heteroatoms. The monoisotopic (exact) mass is 865 g/mol. The largest absolute Gasteiger partial charge is 0.308 e. The summed E-state index contributed by atoms with van der Waals surface area (Å²) in [7, 11) is 0. The third-order valence-corrected chi connectivity index (χ3v) is 13.7. The summed E-state index contributed by atoms with van der Waals surface area (Å²) in [5, 5.41) is 10.5. The van der Waals surface area contributed by atoms with Crippen LogP contribution in [0.25, 0.3) is 132 Å². The summed E-state index contributed by atoms with van der Waals surface area (Å²) in [5.41, 5.74) is 15.1. The van der Waals surface area contributed by atoms with Crippen molar-refractivity contribution >= 4 is 76.1 Å². The molecular weight excluding hydrogens is 827 g/mol. The van der Waals surface area contributed by atoms with Gasteiger partial charge < -0.3 is 4.57 Å². The predicted molar refractivity (Wildman–Crippen MR) is 283 cm³/mol. The summed E-state index contributed by atoms with van der Waals surface area (Å²) in [6, 6.07) is 80.8. The predicted octanol–water partition coefficient (Wildman–Crippen LogP) is 16.2. The normalized spacial score (nSPS) is 11.8. The van der Waals surface area contributed by atoms with Crippen LogP contribution < -0.4 is 0 Å². The van der Waals surface area contributed by atoms with Crippen LogP contribution >= 0.6 is 0 Å². The van der Waals surface area contributed by atoms with E-state index in [1.807, 2.05) is 18.5 Å². The van der Waals surface area contributed by atoms with Crippen LogP contribution in [-0.2, 0) is 0 Å². The molecule has 0 spiro atoms. The van der Waals surface area contributed by atoms with E-state index in [9.17, 15) is 0 Å². The molecule has 0 saturated carbocycles. The van der Waals surface area contributed by atoms with E-state index in [0.717, 1.165) is 83.5 Å².